The highest BCUT2D eigenvalue weighted by Gasteiger charge is 2.29. The first kappa shape index (κ1) is 18.4. The maximum atomic E-state index is 13.0. The summed E-state index contributed by atoms with van der Waals surface area (Å²) in [5.41, 5.74) is 1.70. The van der Waals surface area contributed by atoms with Crippen LogP contribution in [0.25, 0.3) is 0 Å². The minimum Gasteiger partial charge on any atom is -0.335 e. The van der Waals surface area contributed by atoms with Crippen LogP contribution >= 0.6 is 0 Å². The smallest absolute Gasteiger partial charge is 0.240 e. The average Bonchev–Trinajstić information content (AvgIpc) is 2.59. The summed E-state index contributed by atoms with van der Waals surface area (Å²) in [6, 6.07) is 9.65. The third-order valence-corrected chi connectivity index (χ3v) is 4.79. The Kier molecular flexibility index (Phi) is 6.36. The number of benzene rings is 1. The molecule has 5 nitrogen and oxygen atoms in total. The lowest BCUT2D eigenvalue weighted by Crippen LogP contribution is -2.54. The van der Waals surface area contributed by atoms with Crippen LogP contribution in [0.5, 0.6) is 0 Å². The maximum absolute atomic E-state index is 13.0. The van der Waals surface area contributed by atoms with Gasteiger partial charge < -0.3 is 9.80 Å². The highest BCUT2D eigenvalue weighted by Crippen LogP contribution is 2.14. The van der Waals surface area contributed by atoms with Gasteiger partial charge in [-0.05, 0) is 45.5 Å². The number of rotatable bonds is 5. The summed E-state index contributed by atoms with van der Waals surface area (Å²) in [6.45, 7) is 10.6. The fourth-order valence-corrected chi connectivity index (χ4v) is 3.00. The lowest BCUT2D eigenvalue weighted by Gasteiger charge is -2.38. The van der Waals surface area contributed by atoms with Crippen molar-refractivity contribution in [1.29, 1.82) is 5.26 Å². The molecular formula is C19H28N4O. The van der Waals surface area contributed by atoms with Gasteiger partial charge in [0.25, 0.3) is 0 Å². The zero-order valence-corrected chi connectivity index (χ0v) is 15.2. The molecule has 1 fully saturated rings. The molecule has 1 heterocycles. The van der Waals surface area contributed by atoms with Gasteiger partial charge in [0.2, 0.25) is 5.91 Å². The van der Waals surface area contributed by atoms with Gasteiger partial charge in [-0.2, -0.15) is 5.26 Å². The van der Waals surface area contributed by atoms with E-state index in [1.54, 1.807) is 0 Å². The number of likely N-dealkylation sites (N-methyl/N-ethyl adjacent to an activating group) is 1. The van der Waals surface area contributed by atoms with E-state index in [1.165, 1.54) is 0 Å². The van der Waals surface area contributed by atoms with Crippen molar-refractivity contribution in [1.82, 2.24) is 14.7 Å². The Labute approximate surface area is 145 Å². The summed E-state index contributed by atoms with van der Waals surface area (Å²) in [5, 5.41) is 8.90. The molecule has 1 aliphatic heterocycles. The SMILES string of the molecule is CC(C(=O)N(Cc1ccc(C#N)cc1)C(C)C)N1CCN(C)CC1. The summed E-state index contributed by atoms with van der Waals surface area (Å²) >= 11 is 0. The van der Waals surface area contributed by atoms with Crippen LogP contribution in [0.15, 0.2) is 24.3 Å². The van der Waals surface area contributed by atoms with Crippen LogP contribution in [-0.2, 0) is 11.3 Å². The summed E-state index contributed by atoms with van der Waals surface area (Å²) in [5.74, 6) is 0.180. The van der Waals surface area contributed by atoms with Gasteiger partial charge in [-0.3, -0.25) is 9.69 Å². The normalized spacial score (nSPS) is 17.5. The van der Waals surface area contributed by atoms with Gasteiger partial charge in [-0.1, -0.05) is 12.1 Å². The predicted octanol–water partition coefficient (Wildman–Crippen LogP) is 1.93. The Balaban J connectivity index is 2.05. The molecule has 1 aromatic rings. The monoisotopic (exact) mass is 328 g/mol. The molecule has 1 amide bonds. The number of hydrogen-bond acceptors (Lipinski definition) is 4. The van der Waals surface area contributed by atoms with Crippen LogP contribution in [0, 0.1) is 11.3 Å². The molecule has 2 rings (SSSR count). The number of carbonyl (C=O) groups excluding carboxylic acids is 1. The van der Waals surface area contributed by atoms with E-state index >= 15 is 0 Å². The second kappa shape index (κ2) is 8.27. The Morgan fingerprint density at radius 1 is 1.17 bits per heavy atom. The van der Waals surface area contributed by atoms with Crippen molar-refractivity contribution in [3.05, 3.63) is 35.4 Å². The zero-order valence-electron chi connectivity index (χ0n) is 15.2. The van der Waals surface area contributed by atoms with E-state index in [0.717, 1.165) is 31.7 Å². The van der Waals surface area contributed by atoms with E-state index in [9.17, 15) is 4.79 Å². The van der Waals surface area contributed by atoms with Crippen LogP contribution in [0.4, 0.5) is 0 Å². The number of piperazine rings is 1. The Morgan fingerprint density at radius 2 is 1.75 bits per heavy atom. The van der Waals surface area contributed by atoms with Gasteiger partial charge in [0.1, 0.15) is 0 Å². The second-order valence-electron chi connectivity index (χ2n) is 6.88. The van der Waals surface area contributed by atoms with E-state index in [0.29, 0.717) is 12.1 Å². The molecule has 0 saturated carbocycles. The first-order valence-corrected chi connectivity index (χ1v) is 8.64. The molecule has 0 aliphatic carbocycles. The molecule has 0 N–H and O–H groups in total. The van der Waals surface area contributed by atoms with Crippen LogP contribution in [0.2, 0.25) is 0 Å². The first-order valence-electron chi connectivity index (χ1n) is 8.64. The molecule has 0 aromatic heterocycles. The summed E-state index contributed by atoms with van der Waals surface area (Å²) in [6.07, 6.45) is 0. The summed E-state index contributed by atoms with van der Waals surface area (Å²) in [4.78, 5) is 19.5. The van der Waals surface area contributed by atoms with Crippen LogP contribution < -0.4 is 0 Å². The Morgan fingerprint density at radius 3 is 2.25 bits per heavy atom. The molecule has 0 bridgehead atoms. The zero-order chi connectivity index (χ0) is 17.7. The second-order valence-corrected chi connectivity index (χ2v) is 6.88. The van der Waals surface area contributed by atoms with Crippen molar-refractivity contribution >= 4 is 5.91 Å². The van der Waals surface area contributed by atoms with Gasteiger partial charge in [0.15, 0.2) is 0 Å². The largest absolute Gasteiger partial charge is 0.335 e. The molecule has 1 saturated heterocycles. The number of nitriles is 1. The fraction of sp³-hybridized carbons (Fsp3) is 0.579. The third kappa shape index (κ3) is 4.56. The van der Waals surface area contributed by atoms with E-state index in [1.807, 2.05) is 36.1 Å². The number of hydrogen-bond donors (Lipinski definition) is 0. The van der Waals surface area contributed by atoms with Crippen molar-refractivity contribution in [3.63, 3.8) is 0 Å². The molecule has 1 unspecified atom stereocenters. The first-order chi connectivity index (χ1) is 11.4. The average molecular weight is 328 g/mol. The topological polar surface area (TPSA) is 50.6 Å². The number of nitrogens with zero attached hydrogens (tertiary/aromatic N) is 4. The van der Waals surface area contributed by atoms with Gasteiger partial charge in [-0.25, -0.2) is 0 Å². The molecular weight excluding hydrogens is 300 g/mol. The van der Waals surface area contributed by atoms with Crippen LogP contribution in [0.3, 0.4) is 0 Å². The fourth-order valence-electron chi connectivity index (χ4n) is 3.00. The molecule has 1 atom stereocenters. The molecule has 0 radical (unpaired) electrons. The quantitative estimate of drug-likeness (QED) is 0.829. The summed E-state index contributed by atoms with van der Waals surface area (Å²) < 4.78 is 0. The highest BCUT2D eigenvalue weighted by molar-refractivity contribution is 5.81. The van der Waals surface area contributed by atoms with E-state index in [4.69, 9.17) is 5.26 Å². The van der Waals surface area contributed by atoms with Crippen molar-refractivity contribution in [2.75, 3.05) is 33.2 Å². The van der Waals surface area contributed by atoms with E-state index < -0.39 is 0 Å². The van der Waals surface area contributed by atoms with E-state index in [-0.39, 0.29) is 18.0 Å². The minimum atomic E-state index is -0.0977. The molecule has 5 heteroatoms. The van der Waals surface area contributed by atoms with Crippen LogP contribution in [0.1, 0.15) is 31.9 Å². The summed E-state index contributed by atoms with van der Waals surface area (Å²) in [7, 11) is 2.12. The molecule has 1 aromatic carbocycles. The molecule has 24 heavy (non-hydrogen) atoms. The Bertz CT molecular complexity index is 582. The van der Waals surface area contributed by atoms with Crippen molar-refractivity contribution in [3.8, 4) is 6.07 Å². The minimum absolute atomic E-state index is 0.0977. The van der Waals surface area contributed by atoms with Crippen molar-refractivity contribution in [2.45, 2.75) is 39.4 Å². The number of carbonyl (C=O) groups is 1. The molecule has 130 valence electrons. The molecule has 1 aliphatic rings. The highest BCUT2D eigenvalue weighted by atomic mass is 16.2. The van der Waals surface area contributed by atoms with Gasteiger partial charge in [-0.15, -0.1) is 0 Å². The molecule has 0 spiro atoms. The maximum Gasteiger partial charge on any atom is 0.240 e. The lowest BCUT2D eigenvalue weighted by molar-refractivity contribution is -0.139. The van der Waals surface area contributed by atoms with Gasteiger partial charge in [0, 0.05) is 38.8 Å². The van der Waals surface area contributed by atoms with Gasteiger partial charge >= 0.3 is 0 Å². The van der Waals surface area contributed by atoms with Gasteiger partial charge in [0.05, 0.1) is 17.7 Å². The van der Waals surface area contributed by atoms with E-state index in [2.05, 4.69) is 36.8 Å². The van der Waals surface area contributed by atoms with Crippen molar-refractivity contribution in [2.24, 2.45) is 0 Å². The van der Waals surface area contributed by atoms with Crippen molar-refractivity contribution < 1.29 is 4.79 Å². The predicted molar refractivity (Wildman–Crippen MR) is 95.4 cm³/mol. The number of amides is 1. The van der Waals surface area contributed by atoms with Crippen LogP contribution in [-0.4, -0.2) is 65.9 Å². The standard InChI is InChI=1S/C19H28N4O/c1-15(2)23(14-18-7-5-17(13-20)6-8-18)19(24)16(3)22-11-9-21(4)10-12-22/h5-8,15-16H,9-12,14H2,1-4H3. The lowest BCUT2D eigenvalue weighted by atomic mass is 10.1. The third-order valence-electron chi connectivity index (χ3n) is 4.79. The Hall–Kier alpha value is -1.90.